The maximum Gasteiger partial charge on any atom is 0.0697 e. The van der Waals surface area contributed by atoms with Gasteiger partial charge in [-0.2, -0.15) is 0 Å². The van der Waals surface area contributed by atoms with Crippen LogP contribution in [0.25, 0.3) is 5.69 Å². The largest absolute Gasteiger partial charge is 0.383 e. The van der Waals surface area contributed by atoms with Crippen LogP contribution in [0.1, 0.15) is 6.92 Å². The third-order valence-electron chi connectivity index (χ3n) is 2.38. The number of benzene rings is 1. The van der Waals surface area contributed by atoms with Gasteiger partial charge in [-0.3, -0.25) is 0 Å². The third kappa shape index (κ3) is 3.04. The van der Waals surface area contributed by atoms with Crippen molar-refractivity contribution in [1.29, 1.82) is 0 Å². The monoisotopic (exact) mass is 232 g/mol. The van der Waals surface area contributed by atoms with Crippen molar-refractivity contribution in [2.45, 2.75) is 13.0 Å². The third-order valence-corrected chi connectivity index (χ3v) is 2.38. The molecule has 0 spiro atoms. The molecule has 5 nitrogen and oxygen atoms in total. The van der Waals surface area contributed by atoms with Gasteiger partial charge in [0.2, 0.25) is 0 Å². The van der Waals surface area contributed by atoms with E-state index in [-0.39, 0.29) is 6.04 Å². The van der Waals surface area contributed by atoms with E-state index in [0.717, 1.165) is 11.4 Å². The fourth-order valence-corrected chi connectivity index (χ4v) is 1.63. The maximum absolute atomic E-state index is 5.07. The Hall–Kier alpha value is -1.88. The van der Waals surface area contributed by atoms with Crippen molar-refractivity contribution in [2.24, 2.45) is 0 Å². The van der Waals surface area contributed by atoms with Gasteiger partial charge in [-0.05, 0) is 31.2 Å². The minimum atomic E-state index is 0.289. The Morgan fingerprint density at radius 2 is 2.12 bits per heavy atom. The predicted molar refractivity (Wildman–Crippen MR) is 66.3 cm³/mol. The molecule has 0 bridgehead atoms. The molecule has 0 aliphatic carbocycles. The molecule has 1 aromatic heterocycles. The quantitative estimate of drug-likeness (QED) is 0.852. The fourth-order valence-electron chi connectivity index (χ4n) is 1.63. The lowest BCUT2D eigenvalue weighted by atomic mass is 10.2. The first kappa shape index (κ1) is 11.6. The van der Waals surface area contributed by atoms with Gasteiger partial charge in [-0.25, -0.2) is 4.68 Å². The SMILES string of the molecule is COC[C@@H](C)Nc1ccc(-n2ccnn2)cc1. The average Bonchev–Trinajstić information content (AvgIpc) is 2.84. The molecule has 2 aromatic rings. The van der Waals surface area contributed by atoms with Crippen LogP contribution in [0.4, 0.5) is 5.69 Å². The Morgan fingerprint density at radius 1 is 1.35 bits per heavy atom. The van der Waals surface area contributed by atoms with E-state index in [4.69, 9.17) is 4.74 Å². The fraction of sp³-hybridized carbons (Fsp3) is 0.333. The molecule has 1 N–H and O–H groups in total. The summed E-state index contributed by atoms with van der Waals surface area (Å²) in [6.45, 7) is 2.76. The lowest BCUT2D eigenvalue weighted by molar-refractivity contribution is 0.190. The molecule has 5 heteroatoms. The number of nitrogens with zero attached hydrogens (tertiary/aromatic N) is 3. The summed E-state index contributed by atoms with van der Waals surface area (Å²) in [6.07, 6.45) is 3.48. The van der Waals surface area contributed by atoms with E-state index in [1.54, 1.807) is 18.0 Å². The summed E-state index contributed by atoms with van der Waals surface area (Å²) in [5.74, 6) is 0. The molecule has 0 amide bonds. The summed E-state index contributed by atoms with van der Waals surface area (Å²) in [5.41, 5.74) is 2.06. The van der Waals surface area contributed by atoms with Gasteiger partial charge in [0, 0.05) is 18.8 Å². The second kappa shape index (κ2) is 5.45. The van der Waals surface area contributed by atoms with E-state index in [1.165, 1.54) is 0 Å². The first-order chi connectivity index (χ1) is 8.29. The Balaban J connectivity index is 2.03. The number of rotatable bonds is 5. The van der Waals surface area contributed by atoms with Gasteiger partial charge in [-0.1, -0.05) is 5.21 Å². The zero-order valence-electron chi connectivity index (χ0n) is 10.00. The molecule has 0 radical (unpaired) electrons. The van der Waals surface area contributed by atoms with Crippen LogP contribution in [-0.2, 0) is 4.74 Å². The maximum atomic E-state index is 5.07. The summed E-state index contributed by atoms with van der Waals surface area (Å²) in [4.78, 5) is 0. The highest BCUT2D eigenvalue weighted by molar-refractivity contribution is 5.48. The highest BCUT2D eigenvalue weighted by atomic mass is 16.5. The number of anilines is 1. The van der Waals surface area contributed by atoms with Crippen LogP contribution >= 0.6 is 0 Å². The van der Waals surface area contributed by atoms with Crippen molar-refractivity contribution in [2.75, 3.05) is 19.0 Å². The first-order valence-electron chi connectivity index (χ1n) is 5.52. The Labute approximate surface area is 100 Å². The first-order valence-corrected chi connectivity index (χ1v) is 5.52. The minimum absolute atomic E-state index is 0.289. The van der Waals surface area contributed by atoms with Gasteiger partial charge < -0.3 is 10.1 Å². The predicted octanol–water partition coefficient (Wildman–Crippen LogP) is 1.71. The van der Waals surface area contributed by atoms with Crippen molar-refractivity contribution < 1.29 is 4.74 Å². The number of hydrogen-bond acceptors (Lipinski definition) is 4. The standard InChI is InChI=1S/C12H16N4O/c1-10(9-17-2)14-11-3-5-12(6-4-11)16-8-7-13-15-16/h3-8,10,14H,9H2,1-2H3/t10-/m1/s1. The molecule has 0 unspecified atom stereocenters. The van der Waals surface area contributed by atoms with Gasteiger partial charge >= 0.3 is 0 Å². The van der Waals surface area contributed by atoms with Crippen molar-refractivity contribution in [1.82, 2.24) is 15.0 Å². The molecular formula is C12H16N4O. The van der Waals surface area contributed by atoms with Crippen molar-refractivity contribution >= 4 is 5.69 Å². The highest BCUT2D eigenvalue weighted by Gasteiger charge is 2.01. The van der Waals surface area contributed by atoms with Gasteiger partial charge in [0.25, 0.3) is 0 Å². The van der Waals surface area contributed by atoms with Crippen molar-refractivity contribution in [3.05, 3.63) is 36.7 Å². The van der Waals surface area contributed by atoms with E-state index in [0.29, 0.717) is 6.61 Å². The van der Waals surface area contributed by atoms with E-state index in [2.05, 4.69) is 22.6 Å². The smallest absolute Gasteiger partial charge is 0.0697 e. The topological polar surface area (TPSA) is 52.0 Å². The molecule has 1 heterocycles. The van der Waals surface area contributed by atoms with Gasteiger partial charge in [0.1, 0.15) is 0 Å². The number of nitrogens with one attached hydrogen (secondary N) is 1. The molecule has 0 saturated heterocycles. The number of ether oxygens (including phenoxy) is 1. The Morgan fingerprint density at radius 3 is 2.71 bits per heavy atom. The number of methoxy groups -OCH3 is 1. The van der Waals surface area contributed by atoms with Crippen LogP contribution in [0.15, 0.2) is 36.7 Å². The average molecular weight is 232 g/mol. The van der Waals surface area contributed by atoms with Crippen LogP contribution in [0, 0.1) is 0 Å². The molecule has 17 heavy (non-hydrogen) atoms. The van der Waals surface area contributed by atoms with Crippen LogP contribution < -0.4 is 5.32 Å². The lowest BCUT2D eigenvalue weighted by Gasteiger charge is -2.14. The lowest BCUT2D eigenvalue weighted by Crippen LogP contribution is -2.20. The van der Waals surface area contributed by atoms with Crippen molar-refractivity contribution in [3.8, 4) is 5.69 Å². The zero-order chi connectivity index (χ0) is 12.1. The number of aromatic nitrogens is 3. The highest BCUT2D eigenvalue weighted by Crippen LogP contribution is 2.13. The molecule has 0 aliphatic heterocycles. The Bertz CT molecular complexity index is 438. The second-order valence-corrected chi connectivity index (χ2v) is 3.90. The molecule has 1 atom stereocenters. The molecule has 0 aliphatic rings. The van der Waals surface area contributed by atoms with Crippen LogP contribution in [-0.4, -0.2) is 34.8 Å². The van der Waals surface area contributed by atoms with Crippen LogP contribution in [0.5, 0.6) is 0 Å². The minimum Gasteiger partial charge on any atom is -0.383 e. The van der Waals surface area contributed by atoms with E-state index < -0.39 is 0 Å². The van der Waals surface area contributed by atoms with Gasteiger partial charge in [0.15, 0.2) is 0 Å². The molecule has 90 valence electrons. The summed E-state index contributed by atoms with van der Waals surface area (Å²) < 4.78 is 6.80. The Kier molecular flexibility index (Phi) is 3.72. The number of hydrogen-bond donors (Lipinski definition) is 1. The van der Waals surface area contributed by atoms with E-state index in [1.807, 2.05) is 30.5 Å². The summed E-state index contributed by atoms with van der Waals surface area (Å²) >= 11 is 0. The zero-order valence-corrected chi connectivity index (χ0v) is 10.00. The van der Waals surface area contributed by atoms with Crippen LogP contribution in [0.3, 0.4) is 0 Å². The van der Waals surface area contributed by atoms with Gasteiger partial charge in [0.05, 0.1) is 24.7 Å². The normalized spacial score (nSPS) is 12.4. The van der Waals surface area contributed by atoms with Gasteiger partial charge in [-0.15, -0.1) is 5.10 Å². The molecular weight excluding hydrogens is 216 g/mol. The molecule has 2 rings (SSSR count). The van der Waals surface area contributed by atoms with Crippen LogP contribution in [0.2, 0.25) is 0 Å². The van der Waals surface area contributed by atoms with E-state index >= 15 is 0 Å². The molecule has 0 saturated carbocycles. The summed E-state index contributed by atoms with van der Waals surface area (Å²) in [7, 11) is 1.70. The summed E-state index contributed by atoms with van der Waals surface area (Å²) in [5, 5.41) is 11.1. The molecule has 1 aromatic carbocycles. The van der Waals surface area contributed by atoms with E-state index in [9.17, 15) is 0 Å². The molecule has 0 fully saturated rings. The summed E-state index contributed by atoms with van der Waals surface area (Å²) in [6, 6.07) is 8.32. The van der Waals surface area contributed by atoms with Crippen molar-refractivity contribution in [3.63, 3.8) is 0 Å². The second-order valence-electron chi connectivity index (χ2n) is 3.90.